The van der Waals surface area contributed by atoms with Crippen LogP contribution in [0, 0.1) is 38.5 Å². The maximum atomic E-state index is 12.1. The molecule has 3 aromatic heterocycles. The third-order valence-electron chi connectivity index (χ3n) is 18.3. The van der Waals surface area contributed by atoms with Crippen LogP contribution in [-0.2, 0) is 4.79 Å². The Kier molecular flexibility index (Phi) is 14.8. The molecule has 0 bridgehead atoms. The summed E-state index contributed by atoms with van der Waals surface area (Å²) in [5.41, 5.74) is 10.8. The summed E-state index contributed by atoms with van der Waals surface area (Å²) in [5.74, 6) is 3.13. The lowest BCUT2D eigenvalue weighted by Crippen LogP contribution is -2.36. The fourth-order valence-electron chi connectivity index (χ4n) is 11.7. The van der Waals surface area contributed by atoms with Crippen molar-refractivity contribution in [3.63, 3.8) is 0 Å². The van der Waals surface area contributed by atoms with Gasteiger partial charge in [-0.15, -0.1) is 0 Å². The normalized spacial score (nSPS) is 23.5. The number of ether oxygens (including phenoxy) is 6. The molecule has 5 aliphatic rings. The average Bonchev–Trinajstić information content (AvgIpc) is 1.38. The van der Waals surface area contributed by atoms with E-state index >= 15 is 0 Å². The van der Waals surface area contributed by atoms with E-state index in [4.69, 9.17) is 41.7 Å². The highest BCUT2D eigenvalue weighted by molar-refractivity contribution is 6.01. The Labute approximate surface area is 472 Å². The highest BCUT2D eigenvalue weighted by Crippen LogP contribution is 2.58. The number of rotatable bonds is 4. The van der Waals surface area contributed by atoms with Crippen molar-refractivity contribution in [2.24, 2.45) is 17.8 Å². The van der Waals surface area contributed by atoms with E-state index in [0.717, 1.165) is 89.3 Å². The Morgan fingerprint density at radius 3 is 1.23 bits per heavy atom. The number of carbonyl (C=O) groups excluding carboxylic acids is 1. The molecule has 2 N–H and O–H groups in total. The van der Waals surface area contributed by atoms with Gasteiger partial charge < -0.3 is 56.7 Å². The number of hydrogen-bond acceptors (Lipinski definition) is 15. The number of aliphatic hydroxyl groups is 2. The van der Waals surface area contributed by atoms with Crippen LogP contribution in [0.5, 0.6) is 34.5 Å². The first-order valence-corrected chi connectivity index (χ1v) is 28.0. The van der Waals surface area contributed by atoms with Crippen molar-refractivity contribution in [3.8, 4) is 34.5 Å². The molecule has 0 radical (unpaired) electrons. The zero-order valence-corrected chi connectivity index (χ0v) is 50.7. The van der Waals surface area contributed by atoms with Gasteiger partial charge in [-0.25, -0.2) is 14.4 Å². The van der Waals surface area contributed by atoms with E-state index in [0.29, 0.717) is 62.4 Å². The minimum atomic E-state index is -0.787. The average molecular weight is 1110 g/mol. The molecule has 0 aliphatic carbocycles. The minimum absolute atomic E-state index is 0.129. The number of aryl methyl sites for hydroxylation is 3. The Morgan fingerprint density at radius 2 is 0.852 bits per heavy atom. The summed E-state index contributed by atoms with van der Waals surface area (Å²) in [6.45, 7) is 41.4. The van der Waals surface area contributed by atoms with Crippen molar-refractivity contribution in [2.45, 2.75) is 193 Å². The van der Waals surface area contributed by atoms with E-state index < -0.39 is 45.9 Å². The molecular formula is C66H78O15. The van der Waals surface area contributed by atoms with Crippen LogP contribution in [-0.4, -0.2) is 51.6 Å². The van der Waals surface area contributed by atoms with Gasteiger partial charge in [0.05, 0.1) is 56.2 Å². The molecule has 0 spiro atoms. The van der Waals surface area contributed by atoms with Gasteiger partial charge in [-0.2, -0.15) is 0 Å². The second-order valence-electron chi connectivity index (χ2n) is 24.7. The number of aliphatic hydroxyl groups excluding tert-OH is 2. The van der Waals surface area contributed by atoms with Crippen LogP contribution in [0.2, 0.25) is 0 Å². The van der Waals surface area contributed by atoms with Gasteiger partial charge in [-0.05, 0) is 175 Å². The fourth-order valence-corrected chi connectivity index (χ4v) is 11.7. The lowest BCUT2D eigenvalue weighted by Gasteiger charge is -2.40. The van der Waals surface area contributed by atoms with E-state index in [9.17, 15) is 29.4 Å². The quantitative estimate of drug-likeness (QED) is 0.124. The van der Waals surface area contributed by atoms with E-state index in [-0.39, 0.29) is 36.1 Å². The number of benzene rings is 3. The fraction of sp³-hybridized carbons (Fsp3) is 0.485. The first-order chi connectivity index (χ1) is 37.6. The van der Waals surface area contributed by atoms with Gasteiger partial charge in [0.1, 0.15) is 81.5 Å². The lowest BCUT2D eigenvalue weighted by molar-refractivity contribution is -0.112. The molecule has 4 unspecified atom stereocenters. The Bertz CT molecular complexity index is 3760. The van der Waals surface area contributed by atoms with Crippen LogP contribution in [0.25, 0.3) is 49.6 Å². The molecule has 8 atom stereocenters. The van der Waals surface area contributed by atoms with Crippen LogP contribution < -0.4 is 45.3 Å². The molecule has 11 rings (SSSR count). The molecule has 0 fully saturated rings. The summed E-state index contributed by atoms with van der Waals surface area (Å²) < 4.78 is 54.5. The molecule has 8 heterocycles. The van der Waals surface area contributed by atoms with Crippen molar-refractivity contribution < 1.29 is 56.7 Å². The Morgan fingerprint density at radius 1 is 0.506 bits per heavy atom. The molecule has 3 aromatic carbocycles. The van der Waals surface area contributed by atoms with Crippen LogP contribution in [0.15, 0.2) is 68.6 Å². The van der Waals surface area contributed by atoms with Crippen LogP contribution >= 0.6 is 0 Å². The van der Waals surface area contributed by atoms with Gasteiger partial charge in [0.25, 0.3) is 0 Å². The third kappa shape index (κ3) is 9.55. The number of allylic oxidation sites excluding steroid dienone is 3. The summed E-state index contributed by atoms with van der Waals surface area (Å²) in [5, 5.41) is 24.3. The van der Waals surface area contributed by atoms with E-state index in [2.05, 4.69) is 27.7 Å². The number of aldehydes is 1. The highest BCUT2D eigenvalue weighted by Gasteiger charge is 2.45. The molecule has 15 nitrogen and oxygen atoms in total. The minimum Gasteiger partial charge on any atom is -0.489 e. The van der Waals surface area contributed by atoms with Gasteiger partial charge >= 0.3 is 16.9 Å². The maximum absolute atomic E-state index is 12.1. The number of carbonyl (C=O) groups is 1. The Hall–Kier alpha value is -7.10. The maximum Gasteiger partial charge on any atom is 0.336 e. The summed E-state index contributed by atoms with van der Waals surface area (Å²) in [4.78, 5) is 47.3. The second kappa shape index (κ2) is 20.4. The molecule has 5 aliphatic heterocycles. The molecule has 0 saturated carbocycles. The first-order valence-electron chi connectivity index (χ1n) is 28.0. The monoisotopic (exact) mass is 1110 g/mol. The topological polar surface area (TPSA) is 204 Å². The van der Waals surface area contributed by atoms with Gasteiger partial charge in [0.2, 0.25) is 0 Å². The zero-order valence-electron chi connectivity index (χ0n) is 50.7. The van der Waals surface area contributed by atoms with Crippen molar-refractivity contribution in [1.82, 2.24) is 0 Å². The predicted molar refractivity (Wildman–Crippen MR) is 314 cm³/mol. The second-order valence-corrected chi connectivity index (χ2v) is 24.7. The molecule has 81 heavy (non-hydrogen) atoms. The van der Waals surface area contributed by atoms with E-state index in [1.165, 1.54) is 18.2 Å². The van der Waals surface area contributed by atoms with Crippen LogP contribution in [0.4, 0.5) is 0 Å². The number of fused-ring (bicyclic) bond motifs is 15. The summed E-state index contributed by atoms with van der Waals surface area (Å²) >= 11 is 0. The Balaban J connectivity index is 0.000000147. The van der Waals surface area contributed by atoms with Crippen molar-refractivity contribution >= 4 is 55.9 Å². The SMILES string of the molecule is CC1=C(C)C(C)(C)Oc2c1c(O[C@H](C)C(C)C=O)cc1oc(=O)cc(C)c21.CC1=C(C)C(C)(C)Oc2c1c1c(c3oc(=O)cc(C)c23)C(O)C(C)[C@@H](C)O1.CC1=C(C)C(C)(C)Oc2c1c1c(c3oc(=O)cc(C)c23)[C@@H](O)C(C)[C@@H](C)O1. The predicted octanol–water partition coefficient (Wildman–Crippen LogP) is 13.7. The highest BCUT2D eigenvalue weighted by atomic mass is 16.5. The van der Waals surface area contributed by atoms with Crippen molar-refractivity contribution in [1.29, 1.82) is 0 Å². The largest absolute Gasteiger partial charge is 0.489 e. The van der Waals surface area contributed by atoms with Gasteiger partial charge in [-0.1, -0.05) is 20.8 Å². The molecule has 15 heteroatoms. The van der Waals surface area contributed by atoms with Gasteiger partial charge in [0.15, 0.2) is 11.2 Å². The third-order valence-corrected chi connectivity index (χ3v) is 18.3. The lowest BCUT2D eigenvalue weighted by atomic mass is 9.81. The summed E-state index contributed by atoms with van der Waals surface area (Å²) in [6, 6.07) is 6.13. The molecule has 432 valence electrons. The molecule has 0 saturated heterocycles. The number of hydrogen-bond donors (Lipinski definition) is 2. The van der Waals surface area contributed by atoms with Crippen molar-refractivity contribution in [3.05, 3.63) is 117 Å². The summed E-state index contributed by atoms with van der Waals surface area (Å²) in [6.07, 6.45) is -1.38. The summed E-state index contributed by atoms with van der Waals surface area (Å²) in [7, 11) is 0. The molecule has 0 amide bonds. The van der Waals surface area contributed by atoms with Gasteiger partial charge in [0, 0.05) is 42.0 Å². The van der Waals surface area contributed by atoms with E-state index in [1.807, 2.05) is 118 Å². The van der Waals surface area contributed by atoms with Gasteiger partial charge in [-0.3, -0.25) is 0 Å². The smallest absolute Gasteiger partial charge is 0.336 e. The molecule has 6 aromatic rings. The zero-order chi connectivity index (χ0) is 59.8. The van der Waals surface area contributed by atoms with E-state index in [1.54, 1.807) is 6.07 Å². The van der Waals surface area contributed by atoms with Crippen LogP contribution in [0.3, 0.4) is 0 Å². The molecular weight excluding hydrogens is 1030 g/mol. The van der Waals surface area contributed by atoms with Crippen molar-refractivity contribution in [2.75, 3.05) is 0 Å². The van der Waals surface area contributed by atoms with Crippen LogP contribution in [0.1, 0.15) is 181 Å². The first kappa shape index (κ1) is 58.6. The standard InChI is InChI=1S/3C22H26O5/c2*1-9-8-14(23)26-19-15(9)21-16(10(2)12(4)22(6,7)27-21)20-17(19)18(24)11(3)13(5)25-20;1-11-8-18(24)26-16-9-17(25-15(5)12(2)10-23)20-13(3)14(4)22(6,7)27-21(20)19(11)16/h2*8,11,13,18,24H,1-7H3;8-10,12,15H,1-7H3/t11?,13-,18?;11?,13-,18+;12?,15-/m111/s1.